The maximum Gasteiger partial charge on any atom is 0.344 e. The van der Waals surface area contributed by atoms with Gasteiger partial charge in [0.25, 0.3) is 0 Å². The minimum absolute atomic E-state index is 0.0923. The Morgan fingerprint density at radius 1 is 1.03 bits per heavy atom. The Hall–Kier alpha value is -3.61. The molecule has 0 amide bonds. The summed E-state index contributed by atoms with van der Waals surface area (Å²) in [6.45, 7) is 9.87. The van der Waals surface area contributed by atoms with E-state index in [9.17, 15) is 4.79 Å². The predicted octanol–water partition coefficient (Wildman–Crippen LogP) is 5.52. The summed E-state index contributed by atoms with van der Waals surface area (Å²) in [5.41, 5.74) is 5.10. The Morgan fingerprint density at radius 3 is 2.46 bits per heavy atom. The van der Waals surface area contributed by atoms with E-state index in [2.05, 4.69) is 34.8 Å². The molecule has 2 aromatic carbocycles. The van der Waals surface area contributed by atoms with Crippen LogP contribution in [0.5, 0.6) is 11.5 Å². The first kappa shape index (κ1) is 26.0. The number of rotatable bonds is 12. The van der Waals surface area contributed by atoms with Crippen molar-refractivity contribution in [1.29, 1.82) is 0 Å². The first-order valence-corrected chi connectivity index (χ1v) is 12.1. The average molecular weight is 478 g/mol. The van der Waals surface area contributed by atoms with Crippen LogP contribution in [-0.4, -0.2) is 42.8 Å². The molecule has 1 aromatic heterocycles. The molecule has 0 fully saturated rings. The van der Waals surface area contributed by atoms with Gasteiger partial charge in [-0.1, -0.05) is 25.5 Å². The molecule has 35 heavy (non-hydrogen) atoms. The lowest BCUT2D eigenvalue weighted by Crippen LogP contribution is -2.26. The molecule has 186 valence electrons. The largest absolute Gasteiger partial charge is 0.497 e. The van der Waals surface area contributed by atoms with E-state index in [1.807, 2.05) is 43.3 Å². The number of anilines is 1. The Balaban J connectivity index is 1.83. The van der Waals surface area contributed by atoms with Gasteiger partial charge in [-0.25, -0.2) is 14.8 Å². The fourth-order valence-electron chi connectivity index (χ4n) is 3.94. The van der Waals surface area contributed by atoms with Crippen LogP contribution in [-0.2, 0) is 16.1 Å². The second kappa shape index (κ2) is 12.7. The second-order valence-corrected chi connectivity index (χ2v) is 8.37. The quantitative estimate of drug-likeness (QED) is 0.318. The van der Waals surface area contributed by atoms with Crippen LogP contribution in [0.4, 0.5) is 5.82 Å². The Morgan fingerprint density at radius 2 is 1.80 bits per heavy atom. The predicted molar refractivity (Wildman–Crippen MR) is 138 cm³/mol. The molecule has 0 atom stereocenters. The molecular formula is C28H35N3O4. The number of esters is 1. The number of unbranched alkanes of at least 4 members (excludes halogenated alkanes) is 1. The summed E-state index contributed by atoms with van der Waals surface area (Å²) >= 11 is 0. The third-order valence-corrected chi connectivity index (χ3v) is 5.77. The summed E-state index contributed by atoms with van der Waals surface area (Å²) in [4.78, 5) is 23.2. The van der Waals surface area contributed by atoms with E-state index in [0.29, 0.717) is 18.9 Å². The molecule has 0 N–H and O–H groups in total. The fraction of sp³-hybridized carbons (Fsp3) is 0.393. The van der Waals surface area contributed by atoms with Crippen molar-refractivity contribution in [2.24, 2.45) is 0 Å². The van der Waals surface area contributed by atoms with Crippen LogP contribution in [0.15, 0.2) is 48.8 Å². The molecule has 0 unspecified atom stereocenters. The minimum Gasteiger partial charge on any atom is -0.497 e. The van der Waals surface area contributed by atoms with E-state index in [1.165, 1.54) is 0 Å². The Labute approximate surface area is 208 Å². The highest BCUT2D eigenvalue weighted by Crippen LogP contribution is 2.30. The monoisotopic (exact) mass is 477 g/mol. The van der Waals surface area contributed by atoms with Gasteiger partial charge in [-0.2, -0.15) is 0 Å². The molecule has 0 saturated heterocycles. The maximum atomic E-state index is 11.6. The molecular weight excluding hydrogens is 442 g/mol. The van der Waals surface area contributed by atoms with Crippen LogP contribution in [0.25, 0.3) is 11.3 Å². The molecule has 0 aliphatic rings. The van der Waals surface area contributed by atoms with E-state index in [0.717, 1.165) is 58.9 Å². The van der Waals surface area contributed by atoms with Crippen molar-refractivity contribution in [3.8, 4) is 22.8 Å². The highest BCUT2D eigenvalue weighted by atomic mass is 16.6. The maximum absolute atomic E-state index is 11.6. The molecule has 7 nitrogen and oxygen atoms in total. The lowest BCUT2D eigenvalue weighted by Gasteiger charge is -2.26. The van der Waals surface area contributed by atoms with Gasteiger partial charge in [-0.15, -0.1) is 0 Å². The van der Waals surface area contributed by atoms with Crippen molar-refractivity contribution in [2.75, 3.05) is 31.8 Å². The Bertz CT molecular complexity index is 1120. The normalized spacial score (nSPS) is 10.7. The highest BCUT2D eigenvalue weighted by Gasteiger charge is 2.16. The number of hydrogen-bond donors (Lipinski definition) is 0. The molecule has 0 spiro atoms. The number of aryl methyl sites for hydroxylation is 1. The number of aromatic nitrogens is 2. The third-order valence-electron chi connectivity index (χ3n) is 5.77. The van der Waals surface area contributed by atoms with E-state index >= 15 is 0 Å². The third kappa shape index (κ3) is 6.94. The molecule has 0 aliphatic heterocycles. The summed E-state index contributed by atoms with van der Waals surface area (Å²) in [6, 6.07) is 14.0. The van der Waals surface area contributed by atoms with E-state index < -0.39 is 0 Å². The zero-order valence-electron chi connectivity index (χ0n) is 21.3. The standard InChI is InChI=1S/C28H35N3O4/c1-6-8-15-31(17-22-9-14-25(20(3)16-22)35-18-26(32)34-7-2)28-21(4)27(29-19-30-28)23-10-12-24(33-5)13-11-23/h9-14,16,19H,6-8,15,17-18H2,1-5H3. The minimum atomic E-state index is -0.367. The van der Waals surface area contributed by atoms with Gasteiger partial charge in [-0.3, -0.25) is 0 Å². The first-order chi connectivity index (χ1) is 17.0. The summed E-state index contributed by atoms with van der Waals surface area (Å²) < 4.78 is 15.9. The molecule has 3 aromatic rings. The van der Waals surface area contributed by atoms with E-state index in [4.69, 9.17) is 14.2 Å². The van der Waals surface area contributed by atoms with Crippen molar-refractivity contribution in [3.05, 3.63) is 65.5 Å². The highest BCUT2D eigenvalue weighted by molar-refractivity contribution is 5.71. The number of ether oxygens (including phenoxy) is 3. The zero-order valence-corrected chi connectivity index (χ0v) is 21.3. The van der Waals surface area contributed by atoms with Crippen molar-refractivity contribution < 1.29 is 19.0 Å². The van der Waals surface area contributed by atoms with Gasteiger partial charge < -0.3 is 19.1 Å². The number of carbonyl (C=O) groups excluding carboxylic acids is 1. The van der Waals surface area contributed by atoms with Crippen molar-refractivity contribution in [3.63, 3.8) is 0 Å². The molecule has 0 aliphatic carbocycles. The number of benzene rings is 2. The van der Waals surface area contributed by atoms with Crippen molar-refractivity contribution >= 4 is 11.8 Å². The van der Waals surface area contributed by atoms with Crippen molar-refractivity contribution in [2.45, 2.75) is 47.1 Å². The van der Waals surface area contributed by atoms with Gasteiger partial charge in [-0.05, 0) is 68.7 Å². The van der Waals surface area contributed by atoms with Gasteiger partial charge in [0.05, 0.1) is 19.4 Å². The van der Waals surface area contributed by atoms with Crippen LogP contribution in [0.3, 0.4) is 0 Å². The molecule has 0 saturated carbocycles. The average Bonchev–Trinajstić information content (AvgIpc) is 2.86. The topological polar surface area (TPSA) is 73.8 Å². The summed E-state index contributed by atoms with van der Waals surface area (Å²) in [5, 5.41) is 0. The second-order valence-electron chi connectivity index (χ2n) is 8.37. The molecule has 7 heteroatoms. The number of hydrogen-bond acceptors (Lipinski definition) is 7. The SMILES string of the molecule is CCCCN(Cc1ccc(OCC(=O)OCC)c(C)c1)c1ncnc(-c2ccc(OC)cc2)c1C. The van der Waals surface area contributed by atoms with E-state index in [-0.39, 0.29) is 12.6 Å². The van der Waals surface area contributed by atoms with Crippen LogP contribution >= 0.6 is 0 Å². The van der Waals surface area contributed by atoms with Gasteiger partial charge in [0.2, 0.25) is 0 Å². The van der Waals surface area contributed by atoms with Gasteiger partial charge in [0.1, 0.15) is 23.6 Å². The summed E-state index contributed by atoms with van der Waals surface area (Å²) in [7, 11) is 1.66. The Kier molecular flexibility index (Phi) is 9.47. The molecule has 3 rings (SSSR count). The van der Waals surface area contributed by atoms with Crippen LogP contribution in [0, 0.1) is 13.8 Å². The number of carbonyl (C=O) groups is 1. The van der Waals surface area contributed by atoms with Gasteiger partial charge in [0, 0.05) is 24.2 Å². The number of methoxy groups -OCH3 is 1. The van der Waals surface area contributed by atoms with Crippen LogP contribution in [0.1, 0.15) is 43.4 Å². The molecule has 0 bridgehead atoms. The fourth-order valence-corrected chi connectivity index (χ4v) is 3.94. The van der Waals surface area contributed by atoms with Crippen molar-refractivity contribution in [1.82, 2.24) is 9.97 Å². The summed E-state index contributed by atoms with van der Waals surface area (Å²) in [6.07, 6.45) is 3.78. The van der Waals surface area contributed by atoms with Gasteiger partial charge in [0.15, 0.2) is 6.61 Å². The lowest BCUT2D eigenvalue weighted by molar-refractivity contribution is -0.145. The first-order valence-electron chi connectivity index (χ1n) is 12.1. The van der Waals surface area contributed by atoms with Gasteiger partial charge >= 0.3 is 5.97 Å². The molecule has 0 radical (unpaired) electrons. The zero-order chi connectivity index (χ0) is 25.2. The lowest BCUT2D eigenvalue weighted by atomic mass is 10.1. The smallest absolute Gasteiger partial charge is 0.344 e. The van der Waals surface area contributed by atoms with E-state index in [1.54, 1.807) is 20.4 Å². The molecule has 1 heterocycles. The van der Waals surface area contributed by atoms with Crippen LogP contribution in [0.2, 0.25) is 0 Å². The number of nitrogens with zero attached hydrogens (tertiary/aromatic N) is 3. The summed E-state index contributed by atoms with van der Waals surface area (Å²) in [5.74, 6) is 2.06. The van der Waals surface area contributed by atoms with Crippen LogP contribution < -0.4 is 14.4 Å².